The second-order valence-electron chi connectivity index (χ2n) is 8.58. The zero-order chi connectivity index (χ0) is 24.0. The smallest absolute Gasteiger partial charge is 0.256 e. The van der Waals surface area contributed by atoms with Gasteiger partial charge in [-0.3, -0.25) is 19.8 Å². The molecule has 0 radical (unpaired) electrons. The summed E-state index contributed by atoms with van der Waals surface area (Å²) < 4.78 is 20.4. The van der Waals surface area contributed by atoms with Crippen molar-refractivity contribution in [2.24, 2.45) is 0 Å². The molecule has 9 heteroatoms. The molecule has 1 amide bonds. The molecular formula is C25H21BrFN3O4. The van der Waals surface area contributed by atoms with E-state index in [0.717, 1.165) is 4.47 Å². The third-order valence-electron chi connectivity index (χ3n) is 6.70. The van der Waals surface area contributed by atoms with Crippen LogP contribution in [0.15, 0.2) is 71.2 Å². The van der Waals surface area contributed by atoms with Crippen LogP contribution in [-0.2, 0) is 16.9 Å². The summed E-state index contributed by atoms with van der Waals surface area (Å²) in [6.07, 6.45) is 0. The molecule has 0 aromatic heterocycles. The molecule has 0 saturated carbocycles. The van der Waals surface area contributed by atoms with Crippen molar-refractivity contribution in [2.45, 2.75) is 24.1 Å². The average molecular weight is 526 g/mol. The maximum Gasteiger partial charge on any atom is 0.256 e. The summed E-state index contributed by atoms with van der Waals surface area (Å²) >= 11 is 3.47. The molecule has 0 aliphatic carbocycles. The highest BCUT2D eigenvalue weighted by atomic mass is 79.9. The highest BCUT2D eigenvalue weighted by Gasteiger charge is 2.68. The maximum absolute atomic E-state index is 13.6. The van der Waals surface area contributed by atoms with Crippen molar-refractivity contribution in [3.8, 4) is 5.75 Å². The highest BCUT2D eigenvalue weighted by Crippen LogP contribution is 2.53. The van der Waals surface area contributed by atoms with Gasteiger partial charge in [0.1, 0.15) is 18.2 Å². The molecule has 7 nitrogen and oxygen atoms in total. The van der Waals surface area contributed by atoms with E-state index in [1.807, 2.05) is 0 Å². The topological polar surface area (TPSA) is 84.7 Å². The van der Waals surface area contributed by atoms with E-state index in [-0.39, 0.29) is 23.9 Å². The number of halogens is 2. The minimum atomic E-state index is -1.44. The number of nitrogens with zero attached hydrogens (tertiary/aromatic N) is 2. The number of amides is 1. The lowest BCUT2D eigenvalue weighted by molar-refractivity contribution is -0.534. The number of fused-ring (bicyclic) bond motifs is 2. The SMILES string of the molecule is CN1C[C@H](c2cc(Br)ccc2OCc2cccc(F)c2)[C@@H]([N+](=O)[O-])[C@@]12C(=O)Nc1ccccc12. The summed E-state index contributed by atoms with van der Waals surface area (Å²) in [5.74, 6) is -0.938. The summed E-state index contributed by atoms with van der Waals surface area (Å²) in [4.78, 5) is 27.3. The van der Waals surface area contributed by atoms with Gasteiger partial charge in [-0.1, -0.05) is 46.3 Å². The fourth-order valence-corrected chi connectivity index (χ4v) is 5.67. The number of ether oxygens (including phenoxy) is 1. The average Bonchev–Trinajstić information content (AvgIpc) is 3.28. The predicted molar refractivity (Wildman–Crippen MR) is 128 cm³/mol. The van der Waals surface area contributed by atoms with Crippen molar-refractivity contribution < 1.29 is 18.8 Å². The number of nitro groups is 1. The molecule has 3 aromatic carbocycles. The molecular weight excluding hydrogens is 505 g/mol. The molecule has 2 aliphatic heterocycles. The van der Waals surface area contributed by atoms with Gasteiger partial charge in [-0.25, -0.2) is 4.39 Å². The van der Waals surface area contributed by atoms with Gasteiger partial charge in [0, 0.05) is 32.8 Å². The molecule has 2 heterocycles. The lowest BCUT2D eigenvalue weighted by Gasteiger charge is -2.30. The molecule has 3 aromatic rings. The van der Waals surface area contributed by atoms with Gasteiger partial charge < -0.3 is 10.1 Å². The molecule has 5 rings (SSSR count). The summed E-state index contributed by atoms with van der Waals surface area (Å²) in [7, 11) is 1.74. The van der Waals surface area contributed by atoms with Crippen LogP contribution in [-0.4, -0.2) is 35.4 Å². The van der Waals surface area contributed by atoms with Crippen LogP contribution in [0.25, 0.3) is 0 Å². The largest absolute Gasteiger partial charge is 0.489 e. The zero-order valence-electron chi connectivity index (χ0n) is 18.2. The Morgan fingerprint density at radius 1 is 1.21 bits per heavy atom. The van der Waals surface area contributed by atoms with Crippen LogP contribution in [0.3, 0.4) is 0 Å². The van der Waals surface area contributed by atoms with Crippen molar-refractivity contribution >= 4 is 27.5 Å². The quantitative estimate of drug-likeness (QED) is 0.385. The molecule has 3 atom stereocenters. The van der Waals surface area contributed by atoms with E-state index in [0.29, 0.717) is 28.1 Å². The number of likely N-dealkylation sites (N-methyl/N-ethyl adjacent to an activating group) is 1. The minimum absolute atomic E-state index is 0.104. The van der Waals surface area contributed by atoms with E-state index in [1.54, 1.807) is 66.5 Å². The number of anilines is 1. The Bertz CT molecular complexity index is 1300. The van der Waals surface area contributed by atoms with Gasteiger partial charge in [0.15, 0.2) is 5.54 Å². The van der Waals surface area contributed by atoms with E-state index in [4.69, 9.17) is 4.74 Å². The number of carbonyl (C=O) groups is 1. The molecule has 1 saturated heterocycles. The number of hydrogen-bond donors (Lipinski definition) is 1. The van der Waals surface area contributed by atoms with Crippen molar-refractivity contribution in [3.63, 3.8) is 0 Å². The van der Waals surface area contributed by atoms with Crippen molar-refractivity contribution in [3.05, 3.63) is 104 Å². The summed E-state index contributed by atoms with van der Waals surface area (Å²) in [6.45, 7) is 0.382. The number of hydrogen-bond acceptors (Lipinski definition) is 5. The Labute approximate surface area is 203 Å². The van der Waals surface area contributed by atoms with Crippen molar-refractivity contribution in [1.82, 2.24) is 4.90 Å². The number of carbonyl (C=O) groups excluding carboxylic acids is 1. The maximum atomic E-state index is 13.6. The molecule has 0 unspecified atom stereocenters. The van der Waals surface area contributed by atoms with E-state index in [9.17, 15) is 19.3 Å². The Kier molecular flexibility index (Phi) is 5.61. The molecule has 0 bridgehead atoms. The van der Waals surface area contributed by atoms with Gasteiger partial charge in [-0.2, -0.15) is 0 Å². The number of likely N-dealkylation sites (tertiary alicyclic amines) is 1. The summed E-state index contributed by atoms with van der Waals surface area (Å²) in [6, 6.07) is 17.3. The van der Waals surface area contributed by atoms with Gasteiger partial charge in [0.05, 0.1) is 5.92 Å². The molecule has 34 heavy (non-hydrogen) atoms. The monoisotopic (exact) mass is 525 g/mol. The number of para-hydroxylation sites is 1. The molecule has 2 aliphatic rings. The second-order valence-corrected chi connectivity index (χ2v) is 9.50. The first kappa shape index (κ1) is 22.5. The van der Waals surface area contributed by atoms with Gasteiger partial charge in [0.2, 0.25) is 0 Å². The van der Waals surface area contributed by atoms with E-state index < -0.39 is 23.4 Å². The lowest BCUT2D eigenvalue weighted by Crippen LogP contribution is -2.54. The fourth-order valence-electron chi connectivity index (χ4n) is 5.29. The van der Waals surface area contributed by atoms with E-state index in [1.165, 1.54) is 12.1 Å². The number of nitrogens with one attached hydrogen (secondary N) is 1. The summed E-state index contributed by atoms with van der Waals surface area (Å²) in [5, 5.41) is 15.4. The van der Waals surface area contributed by atoms with Gasteiger partial charge in [-0.15, -0.1) is 0 Å². The number of benzene rings is 3. The second kappa shape index (κ2) is 8.48. The molecule has 174 valence electrons. The van der Waals surface area contributed by atoms with Gasteiger partial charge in [0.25, 0.3) is 11.9 Å². The van der Waals surface area contributed by atoms with Gasteiger partial charge in [-0.05, 0) is 49.0 Å². The Morgan fingerprint density at radius 3 is 2.76 bits per heavy atom. The third-order valence-corrected chi connectivity index (χ3v) is 7.19. The summed E-state index contributed by atoms with van der Waals surface area (Å²) in [5.41, 5.74) is 1.01. The molecule has 1 N–H and O–H groups in total. The third kappa shape index (κ3) is 3.47. The first-order valence-electron chi connectivity index (χ1n) is 10.7. The number of rotatable bonds is 5. The van der Waals surface area contributed by atoms with Crippen molar-refractivity contribution in [1.29, 1.82) is 0 Å². The van der Waals surface area contributed by atoms with Crippen LogP contribution in [0.1, 0.15) is 22.6 Å². The molecule has 1 fully saturated rings. The van der Waals surface area contributed by atoms with Crippen LogP contribution in [0.5, 0.6) is 5.75 Å². The lowest BCUT2D eigenvalue weighted by atomic mass is 9.79. The van der Waals surface area contributed by atoms with Crippen molar-refractivity contribution in [2.75, 3.05) is 18.9 Å². The van der Waals surface area contributed by atoms with Crippen LogP contribution in [0.4, 0.5) is 10.1 Å². The first-order valence-corrected chi connectivity index (χ1v) is 11.5. The van der Waals surface area contributed by atoms with Gasteiger partial charge >= 0.3 is 0 Å². The van der Waals surface area contributed by atoms with Crippen LogP contribution < -0.4 is 10.1 Å². The Morgan fingerprint density at radius 2 is 2.00 bits per heavy atom. The van der Waals surface area contributed by atoms with E-state index >= 15 is 0 Å². The first-order chi connectivity index (χ1) is 16.3. The fraction of sp³-hybridized carbons (Fsp3) is 0.240. The van der Waals surface area contributed by atoms with Crippen LogP contribution >= 0.6 is 15.9 Å². The minimum Gasteiger partial charge on any atom is -0.489 e. The van der Waals surface area contributed by atoms with Crippen LogP contribution in [0, 0.1) is 15.9 Å². The van der Waals surface area contributed by atoms with Crippen LogP contribution in [0.2, 0.25) is 0 Å². The molecule has 1 spiro atoms. The predicted octanol–water partition coefficient (Wildman–Crippen LogP) is 4.69. The standard InChI is InChI=1S/C25H21BrFN3O4/c1-29-13-19(23(30(32)33)25(29)20-7-2-3-8-21(20)28-24(25)31)18-12-16(26)9-10-22(18)34-14-15-5-4-6-17(27)11-15/h2-12,19,23H,13-14H2,1H3,(H,28,31)/t19-,23-,25+/m1/s1. The van der Waals surface area contributed by atoms with E-state index in [2.05, 4.69) is 21.2 Å². The zero-order valence-corrected chi connectivity index (χ0v) is 19.8. The Balaban J connectivity index is 1.57. The highest BCUT2D eigenvalue weighted by molar-refractivity contribution is 9.10. The Hall–Kier alpha value is -3.30. The normalized spacial score (nSPS) is 23.7.